The second-order valence-electron chi connectivity index (χ2n) is 3.37. The second-order valence-corrected chi connectivity index (χ2v) is 3.37. The summed E-state index contributed by atoms with van der Waals surface area (Å²) in [6.07, 6.45) is 0.842. The van der Waals surface area contributed by atoms with Crippen LogP contribution in [-0.4, -0.2) is 51.9 Å². The number of carbonyl (C=O) groups excluding carboxylic acids is 1. The quantitative estimate of drug-likeness (QED) is 0.307. The van der Waals surface area contributed by atoms with Gasteiger partial charge in [0.1, 0.15) is 12.2 Å². The number of rotatable bonds is 6. The highest BCUT2D eigenvalue weighted by Crippen LogP contribution is 2.07. The predicted octanol–water partition coefficient (Wildman–Crippen LogP) is -0.190. The molecule has 102 valence electrons. The average Bonchev–Trinajstić information content (AvgIpc) is 2.86. The van der Waals surface area contributed by atoms with Crippen LogP contribution in [0.4, 0.5) is 0 Å². The molecule has 1 rings (SSSR count). The van der Waals surface area contributed by atoms with Gasteiger partial charge >= 0.3 is 5.97 Å². The maximum Gasteiger partial charge on any atom is 0.345 e. The Labute approximate surface area is 106 Å². The largest absolute Gasteiger partial charge is 0.473 e. The molecule has 0 unspecified atom stereocenters. The molecular weight excluding hydrogens is 240 g/mol. The molecule has 0 aromatic carbocycles. The lowest BCUT2D eigenvalue weighted by molar-refractivity contribution is -0.138. The Hall–Kier alpha value is -1.60. The predicted molar refractivity (Wildman–Crippen MR) is 63.9 cm³/mol. The normalized spacial score (nSPS) is 17.9. The zero-order chi connectivity index (χ0) is 13.4. The molecule has 1 heterocycles. The number of nitrogens with two attached hydrogens (primary N) is 1. The summed E-state index contributed by atoms with van der Waals surface area (Å²) in [7, 11) is 1.52. The van der Waals surface area contributed by atoms with Crippen LogP contribution in [0.5, 0.6) is 0 Å². The van der Waals surface area contributed by atoms with Crippen molar-refractivity contribution in [2.24, 2.45) is 10.7 Å². The fourth-order valence-electron chi connectivity index (χ4n) is 1.29. The Balaban J connectivity index is 2.60. The maximum absolute atomic E-state index is 11.6. The molecule has 1 fully saturated rings. The van der Waals surface area contributed by atoms with Crippen LogP contribution >= 0.6 is 0 Å². The van der Waals surface area contributed by atoms with Crippen LogP contribution < -0.4 is 5.73 Å². The monoisotopic (exact) mass is 258 g/mol. The van der Waals surface area contributed by atoms with Gasteiger partial charge in [0.2, 0.25) is 5.88 Å². The van der Waals surface area contributed by atoms with Crippen molar-refractivity contribution in [3.05, 3.63) is 11.5 Å². The topological polar surface area (TPSA) is 92.4 Å². The Morgan fingerprint density at radius 2 is 2.11 bits per heavy atom. The number of esters is 1. The summed E-state index contributed by atoms with van der Waals surface area (Å²) < 4.78 is 20.4. The molecule has 7 nitrogen and oxygen atoms in total. The van der Waals surface area contributed by atoms with Gasteiger partial charge in [0, 0.05) is 13.3 Å². The molecule has 0 aliphatic carbocycles. The van der Waals surface area contributed by atoms with Crippen LogP contribution in [0.2, 0.25) is 0 Å². The average molecular weight is 258 g/mol. The molecule has 0 aromatic rings. The van der Waals surface area contributed by atoms with Crippen LogP contribution in [-0.2, 0) is 23.7 Å². The molecule has 0 radical (unpaired) electrons. The van der Waals surface area contributed by atoms with E-state index in [4.69, 9.17) is 24.7 Å². The summed E-state index contributed by atoms with van der Waals surface area (Å²) in [5.74, 6) is -0.632. The van der Waals surface area contributed by atoms with Crippen LogP contribution in [0, 0.1) is 0 Å². The van der Waals surface area contributed by atoms with Crippen LogP contribution in [0.25, 0.3) is 0 Å². The van der Waals surface area contributed by atoms with Gasteiger partial charge in [-0.25, -0.2) is 4.79 Å². The summed E-state index contributed by atoms with van der Waals surface area (Å²) in [6, 6.07) is 0. The third-order valence-corrected chi connectivity index (χ3v) is 2.08. The molecule has 0 amide bonds. The molecular formula is C11H18N2O5. The van der Waals surface area contributed by atoms with Gasteiger partial charge in [0.15, 0.2) is 6.29 Å². The van der Waals surface area contributed by atoms with Gasteiger partial charge in [0.25, 0.3) is 0 Å². The van der Waals surface area contributed by atoms with Gasteiger partial charge in [-0.3, -0.25) is 4.99 Å². The fourth-order valence-corrected chi connectivity index (χ4v) is 1.29. The summed E-state index contributed by atoms with van der Waals surface area (Å²) in [4.78, 5) is 15.3. The lowest BCUT2D eigenvalue weighted by Crippen LogP contribution is -2.22. The highest BCUT2D eigenvalue weighted by molar-refractivity contribution is 6.09. The minimum absolute atomic E-state index is 0.0573. The van der Waals surface area contributed by atoms with Gasteiger partial charge in [-0.05, 0) is 6.92 Å². The SMILES string of the molecule is CCOC(=O)C(C=NC)=C(N)OCC1OCCO1. The third kappa shape index (κ3) is 4.34. The first-order valence-corrected chi connectivity index (χ1v) is 5.64. The van der Waals surface area contributed by atoms with Crippen molar-refractivity contribution < 1.29 is 23.7 Å². The van der Waals surface area contributed by atoms with Gasteiger partial charge < -0.3 is 24.7 Å². The van der Waals surface area contributed by atoms with Crippen molar-refractivity contribution in [1.29, 1.82) is 0 Å². The van der Waals surface area contributed by atoms with E-state index < -0.39 is 12.3 Å². The van der Waals surface area contributed by atoms with Gasteiger partial charge in [-0.15, -0.1) is 0 Å². The zero-order valence-electron chi connectivity index (χ0n) is 10.5. The van der Waals surface area contributed by atoms with Gasteiger partial charge in [0.05, 0.1) is 19.8 Å². The lowest BCUT2D eigenvalue weighted by atomic mass is 10.3. The van der Waals surface area contributed by atoms with E-state index in [9.17, 15) is 4.79 Å². The highest BCUT2D eigenvalue weighted by atomic mass is 16.7. The van der Waals surface area contributed by atoms with Crippen LogP contribution in [0.15, 0.2) is 16.4 Å². The Bertz CT molecular complexity index is 334. The smallest absolute Gasteiger partial charge is 0.345 e. The molecule has 2 N–H and O–H groups in total. The number of nitrogens with zero attached hydrogens (tertiary/aromatic N) is 1. The molecule has 18 heavy (non-hydrogen) atoms. The lowest BCUT2D eigenvalue weighted by Gasteiger charge is -2.12. The van der Waals surface area contributed by atoms with E-state index in [-0.39, 0.29) is 24.7 Å². The second kappa shape index (κ2) is 7.67. The molecule has 1 aliphatic rings. The molecule has 0 atom stereocenters. The Kier molecular flexibility index (Phi) is 6.16. The first-order chi connectivity index (χ1) is 8.69. The summed E-state index contributed by atoms with van der Waals surface area (Å²) >= 11 is 0. The highest BCUT2D eigenvalue weighted by Gasteiger charge is 2.19. The molecule has 0 bridgehead atoms. The van der Waals surface area contributed by atoms with E-state index in [1.54, 1.807) is 6.92 Å². The number of hydrogen-bond donors (Lipinski definition) is 1. The van der Waals surface area contributed by atoms with Crippen LogP contribution in [0.1, 0.15) is 6.92 Å². The number of carbonyl (C=O) groups is 1. The minimum atomic E-state index is -0.575. The molecule has 1 saturated heterocycles. The van der Waals surface area contributed by atoms with Crippen molar-refractivity contribution in [2.75, 3.05) is 33.5 Å². The summed E-state index contributed by atoms with van der Waals surface area (Å²) in [5, 5.41) is 0. The number of hydrogen-bond acceptors (Lipinski definition) is 7. The molecule has 0 aromatic heterocycles. The first-order valence-electron chi connectivity index (χ1n) is 5.64. The van der Waals surface area contributed by atoms with Gasteiger partial charge in [-0.2, -0.15) is 0 Å². The molecule has 1 aliphatic heterocycles. The Morgan fingerprint density at radius 1 is 1.44 bits per heavy atom. The van der Waals surface area contributed by atoms with Crippen molar-refractivity contribution in [3.8, 4) is 0 Å². The number of ether oxygens (including phenoxy) is 4. The summed E-state index contributed by atoms with van der Waals surface area (Å²) in [5.41, 5.74) is 5.75. The fraction of sp³-hybridized carbons (Fsp3) is 0.636. The van der Waals surface area contributed by atoms with Crippen molar-refractivity contribution in [1.82, 2.24) is 0 Å². The van der Waals surface area contributed by atoms with Gasteiger partial charge in [-0.1, -0.05) is 0 Å². The zero-order valence-corrected chi connectivity index (χ0v) is 10.5. The van der Waals surface area contributed by atoms with E-state index >= 15 is 0 Å². The van der Waals surface area contributed by atoms with E-state index in [0.29, 0.717) is 13.2 Å². The van der Waals surface area contributed by atoms with Crippen molar-refractivity contribution >= 4 is 12.2 Å². The van der Waals surface area contributed by atoms with E-state index in [1.165, 1.54) is 13.3 Å². The maximum atomic E-state index is 11.6. The standard InChI is InChI=1S/C11H18N2O5/c1-3-15-11(14)8(6-13-2)10(12)18-7-9-16-4-5-17-9/h6,9H,3-5,7,12H2,1-2H3. The van der Waals surface area contributed by atoms with E-state index in [1.807, 2.05) is 0 Å². The number of aliphatic imine (C=N–C) groups is 1. The van der Waals surface area contributed by atoms with E-state index in [2.05, 4.69) is 4.99 Å². The minimum Gasteiger partial charge on any atom is -0.473 e. The third-order valence-electron chi connectivity index (χ3n) is 2.08. The molecule has 0 saturated carbocycles. The van der Waals surface area contributed by atoms with E-state index in [0.717, 1.165) is 0 Å². The first kappa shape index (κ1) is 14.5. The van der Waals surface area contributed by atoms with Crippen LogP contribution in [0.3, 0.4) is 0 Å². The van der Waals surface area contributed by atoms with Crippen molar-refractivity contribution in [3.63, 3.8) is 0 Å². The molecule has 0 spiro atoms. The Morgan fingerprint density at radius 3 is 2.67 bits per heavy atom. The molecule has 7 heteroatoms. The summed E-state index contributed by atoms with van der Waals surface area (Å²) in [6.45, 7) is 3.13. The van der Waals surface area contributed by atoms with Crippen molar-refractivity contribution in [2.45, 2.75) is 13.2 Å².